The van der Waals surface area contributed by atoms with Crippen LogP contribution in [0.3, 0.4) is 0 Å². The quantitative estimate of drug-likeness (QED) is 0.881. The van der Waals surface area contributed by atoms with Crippen molar-refractivity contribution >= 4 is 23.1 Å². The van der Waals surface area contributed by atoms with E-state index in [-0.39, 0.29) is 18.4 Å². The standard InChI is InChI=1S/C13H17N3O2S/c1-9(2)13(18)14-12-8-10(11-4-3-7-19-11)15-16(12)5-6-17/h3-4,7-9,17H,5-6H2,1-2H3,(H,14,18). The maximum absolute atomic E-state index is 11.8. The van der Waals surface area contributed by atoms with Gasteiger partial charge in [0.1, 0.15) is 11.5 Å². The average molecular weight is 279 g/mol. The molecule has 0 aliphatic heterocycles. The van der Waals surface area contributed by atoms with E-state index in [4.69, 9.17) is 5.11 Å². The lowest BCUT2D eigenvalue weighted by atomic mass is 10.2. The molecule has 2 N–H and O–H groups in total. The summed E-state index contributed by atoms with van der Waals surface area (Å²) in [5.41, 5.74) is 0.808. The Morgan fingerprint density at radius 1 is 1.58 bits per heavy atom. The van der Waals surface area contributed by atoms with Crippen LogP contribution in [0.5, 0.6) is 0 Å². The maximum Gasteiger partial charge on any atom is 0.228 e. The van der Waals surface area contributed by atoms with E-state index in [9.17, 15) is 4.79 Å². The summed E-state index contributed by atoms with van der Waals surface area (Å²) >= 11 is 1.59. The highest BCUT2D eigenvalue weighted by Gasteiger charge is 2.14. The highest BCUT2D eigenvalue weighted by Crippen LogP contribution is 2.26. The second kappa shape index (κ2) is 5.99. The Labute approximate surface area is 115 Å². The highest BCUT2D eigenvalue weighted by molar-refractivity contribution is 7.13. The fraction of sp³-hybridized carbons (Fsp3) is 0.385. The summed E-state index contributed by atoms with van der Waals surface area (Å²) in [6.07, 6.45) is 0. The van der Waals surface area contributed by atoms with Crippen LogP contribution in [0.25, 0.3) is 10.6 Å². The number of amides is 1. The molecule has 0 radical (unpaired) electrons. The van der Waals surface area contributed by atoms with Gasteiger partial charge in [0.25, 0.3) is 0 Å². The molecule has 0 fully saturated rings. The van der Waals surface area contributed by atoms with Crippen LogP contribution in [0.15, 0.2) is 23.6 Å². The van der Waals surface area contributed by atoms with Gasteiger partial charge in [-0.3, -0.25) is 4.79 Å². The first-order valence-electron chi connectivity index (χ1n) is 6.15. The summed E-state index contributed by atoms with van der Waals surface area (Å²) in [4.78, 5) is 12.8. The molecule has 0 aliphatic carbocycles. The first-order chi connectivity index (χ1) is 9.11. The van der Waals surface area contributed by atoms with E-state index in [1.54, 1.807) is 16.0 Å². The molecule has 0 atom stereocenters. The van der Waals surface area contributed by atoms with Crippen LogP contribution in [-0.2, 0) is 11.3 Å². The molecule has 102 valence electrons. The molecular formula is C13H17N3O2S. The number of nitrogens with one attached hydrogen (secondary N) is 1. The minimum absolute atomic E-state index is 0.0177. The monoisotopic (exact) mass is 279 g/mol. The van der Waals surface area contributed by atoms with Gasteiger partial charge in [0.15, 0.2) is 0 Å². The Morgan fingerprint density at radius 2 is 2.37 bits per heavy atom. The third-order valence-electron chi connectivity index (χ3n) is 2.64. The number of hydrogen-bond acceptors (Lipinski definition) is 4. The third kappa shape index (κ3) is 3.21. The molecule has 0 bridgehead atoms. The summed E-state index contributed by atoms with van der Waals surface area (Å²) in [6, 6.07) is 5.77. The first kappa shape index (κ1) is 13.8. The van der Waals surface area contributed by atoms with E-state index >= 15 is 0 Å². The van der Waals surface area contributed by atoms with Gasteiger partial charge in [0, 0.05) is 12.0 Å². The number of hydrogen-bond donors (Lipinski definition) is 2. The van der Waals surface area contributed by atoms with Crippen LogP contribution < -0.4 is 5.32 Å². The van der Waals surface area contributed by atoms with Crippen LogP contribution in [0, 0.1) is 5.92 Å². The van der Waals surface area contributed by atoms with E-state index in [2.05, 4.69) is 10.4 Å². The van der Waals surface area contributed by atoms with Crippen molar-refractivity contribution in [1.82, 2.24) is 9.78 Å². The SMILES string of the molecule is CC(C)C(=O)Nc1cc(-c2cccs2)nn1CCO. The van der Waals surface area contributed by atoms with Gasteiger partial charge in [-0.15, -0.1) is 11.3 Å². The summed E-state index contributed by atoms with van der Waals surface area (Å²) in [6.45, 7) is 4.01. The number of carbonyl (C=O) groups excluding carboxylic acids is 1. The van der Waals surface area contributed by atoms with Crippen molar-refractivity contribution in [2.75, 3.05) is 11.9 Å². The molecule has 0 aliphatic rings. The van der Waals surface area contributed by atoms with Crippen molar-refractivity contribution in [3.05, 3.63) is 23.6 Å². The number of aromatic nitrogens is 2. The molecule has 2 heterocycles. The second-order valence-corrected chi connectivity index (χ2v) is 5.43. The fourth-order valence-corrected chi connectivity index (χ4v) is 2.28. The zero-order valence-electron chi connectivity index (χ0n) is 11.0. The molecular weight excluding hydrogens is 262 g/mol. The van der Waals surface area contributed by atoms with E-state index in [0.717, 1.165) is 10.6 Å². The third-order valence-corrected chi connectivity index (χ3v) is 3.53. The van der Waals surface area contributed by atoms with Crippen molar-refractivity contribution in [2.45, 2.75) is 20.4 Å². The predicted molar refractivity (Wildman–Crippen MR) is 76.1 cm³/mol. The van der Waals surface area contributed by atoms with Crippen molar-refractivity contribution in [2.24, 2.45) is 5.92 Å². The zero-order chi connectivity index (χ0) is 13.8. The number of thiophene rings is 1. The lowest BCUT2D eigenvalue weighted by molar-refractivity contribution is -0.118. The average Bonchev–Trinajstić information content (AvgIpc) is 2.99. The first-order valence-corrected chi connectivity index (χ1v) is 7.03. The summed E-state index contributed by atoms with van der Waals surface area (Å²) in [5, 5.41) is 18.3. The van der Waals surface area contributed by atoms with Crippen LogP contribution in [0.1, 0.15) is 13.8 Å². The number of rotatable bonds is 5. The Hall–Kier alpha value is -1.66. The maximum atomic E-state index is 11.8. The molecule has 0 unspecified atom stereocenters. The van der Waals surface area contributed by atoms with Gasteiger partial charge in [0.05, 0.1) is 18.0 Å². The van der Waals surface area contributed by atoms with Gasteiger partial charge < -0.3 is 10.4 Å². The largest absolute Gasteiger partial charge is 0.394 e. The highest BCUT2D eigenvalue weighted by atomic mass is 32.1. The van der Waals surface area contributed by atoms with E-state index in [1.165, 1.54) is 0 Å². The van der Waals surface area contributed by atoms with Gasteiger partial charge >= 0.3 is 0 Å². The Kier molecular flexibility index (Phi) is 4.34. The number of carbonyl (C=O) groups is 1. The predicted octanol–water partition coefficient (Wildman–Crippen LogP) is 2.20. The second-order valence-electron chi connectivity index (χ2n) is 4.48. The van der Waals surface area contributed by atoms with Gasteiger partial charge in [-0.1, -0.05) is 19.9 Å². The molecule has 2 rings (SSSR count). The summed E-state index contributed by atoms with van der Waals surface area (Å²) < 4.78 is 1.62. The lowest BCUT2D eigenvalue weighted by Crippen LogP contribution is -2.20. The Balaban J connectivity index is 2.28. The van der Waals surface area contributed by atoms with Crippen LogP contribution >= 0.6 is 11.3 Å². The normalized spacial score (nSPS) is 10.9. The van der Waals surface area contributed by atoms with E-state index in [0.29, 0.717) is 12.4 Å². The van der Waals surface area contributed by atoms with E-state index < -0.39 is 0 Å². The molecule has 5 nitrogen and oxygen atoms in total. The minimum Gasteiger partial charge on any atom is -0.394 e. The number of aliphatic hydroxyl groups excluding tert-OH is 1. The molecule has 2 aromatic rings. The lowest BCUT2D eigenvalue weighted by Gasteiger charge is -2.09. The minimum atomic E-state index is -0.0948. The fourth-order valence-electron chi connectivity index (χ4n) is 1.60. The van der Waals surface area contributed by atoms with Crippen molar-refractivity contribution in [1.29, 1.82) is 0 Å². The summed E-state index contributed by atoms with van der Waals surface area (Å²) in [7, 11) is 0. The molecule has 19 heavy (non-hydrogen) atoms. The van der Waals surface area contributed by atoms with Crippen molar-refractivity contribution < 1.29 is 9.90 Å². The van der Waals surface area contributed by atoms with Gasteiger partial charge in [-0.05, 0) is 11.4 Å². The van der Waals surface area contributed by atoms with Gasteiger partial charge in [0.2, 0.25) is 5.91 Å². The van der Waals surface area contributed by atoms with Crippen LogP contribution in [-0.4, -0.2) is 27.4 Å². The number of aliphatic hydroxyl groups is 1. The molecule has 1 amide bonds. The molecule has 0 saturated heterocycles. The van der Waals surface area contributed by atoms with Crippen molar-refractivity contribution in [3.8, 4) is 10.6 Å². The molecule has 2 aromatic heterocycles. The van der Waals surface area contributed by atoms with Gasteiger partial charge in [-0.2, -0.15) is 5.10 Å². The van der Waals surface area contributed by atoms with Crippen LogP contribution in [0.4, 0.5) is 5.82 Å². The smallest absolute Gasteiger partial charge is 0.228 e. The molecule has 0 aromatic carbocycles. The van der Waals surface area contributed by atoms with E-state index in [1.807, 2.05) is 37.4 Å². The Bertz CT molecular complexity index is 546. The molecule has 0 spiro atoms. The van der Waals surface area contributed by atoms with Gasteiger partial charge in [-0.25, -0.2) is 4.68 Å². The zero-order valence-corrected chi connectivity index (χ0v) is 11.8. The number of nitrogens with zero attached hydrogens (tertiary/aromatic N) is 2. The molecule has 0 saturated carbocycles. The Morgan fingerprint density at radius 3 is 2.95 bits per heavy atom. The topological polar surface area (TPSA) is 67.2 Å². The number of anilines is 1. The van der Waals surface area contributed by atoms with Crippen molar-refractivity contribution in [3.63, 3.8) is 0 Å². The summed E-state index contributed by atoms with van der Waals surface area (Å²) in [5.74, 6) is 0.468. The van der Waals surface area contributed by atoms with Crippen LogP contribution in [0.2, 0.25) is 0 Å². The molecule has 6 heteroatoms.